The molecule has 0 N–H and O–H groups in total. The molecule has 1 aromatic rings. The summed E-state index contributed by atoms with van der Waals surface area (Å²) >= 11 is 11.6. The van der Waals surface area contributed by atoms with Crippen LogP contribution in [0.3, 0.4) is 0 Å². The molecular formula is C11H10Cl2N2O. The number of anilines is 1. The van der Waals surface area contributed by atoms with Crippen LogP contribution < -0.4 is 4.90 Å². The van der Waals surface area contributed by atoms with Gasteiger partial charge in [0.15, 0.2) is 0 Å². The van der Waals surface area contributed by atoms with Crippen molar-refractivity contribution in [2.24, 2.45) is 5.92 Å². The normalized spacial score (nSPS) is 20.2. The number of halogens is 2. The summed E-state index contributed by atoms with van der Waals surface area (Å²) < 4.78 is 0. The Morgan fingerprint density at radius 2 is 2.31 bits per heavy atom. The maximum absolute atomic E-state index is 11.7. The number of aromatic nitrogens is 1. The molecular weight excluding hydrogens is 247 g/mol. The van der Waals surface area contributed by atoms with Gasteiger partial charge < -0.3 is 4.90 Å². The van der Waals surface area contributed by atoms with E-state index in [1.807, 2.05) is 0 Å². The maximum atomic E-state index is 11.7. The van der Waals surface area contributed by atoms with E-state index in [0.29, 0.717) is 23.7 Å². The number of hydrogen-bond donors (Lipinski definition) is 0. The molecule has 5 heteroatoms. The monoisotopic (exact) mass is 256 g/mol. The van der Waals surface area contributed by atoms with Gasteiger partial charge in [-0.3, -0.25) is 4.79 Å². The molecule has 0 radical (unpaired) electrons. The molecule has 1 aromatic heterocycles. The molecule has 1 atom stereocenters. The van der Waals surface area contributed by atoms with Gasteiger partial charge in [-0.2, -0.15) is 0 Å². The van der Waals surface area contributed by atoms with Gasteiger partial charge in [0.1, 0.15) is 5.15 Å². The minimum absolute atomic E-state index is 0.0603. The van der Waals surface area contributed by atoms with Gasteiger partial charge in [0.05, 0.1) is 16.9 Å². The maximum Gasteiger partial charge on any atom is 0.227 e. The topological polar surface area (TPSA) is 33.2 Å². The quantitative estimate of drug-likeness (QED) is 0.602. The standard InChI is InChI=1S/C11H10Cl2N2O/c1-2-7-3-10(16)15(6-7)8-4-9(12)11(13)14-5-8/h2,4-5,7H,1,3,6H2. The first-order valence-corrected chi connectivity index (χ1v) is 5.61. The van der Waals surface area contributed by atoms with Crippen molar-refractivity contribution in [3.05, 3.63) is 35.1 Å². The lowest BCUT2D eigenvalue weighted by atomic mass is 10.1. The number of carbonyl (C=O) groups excluding carboxylic acids is 1. The van der Waals surface area contributed by atoms with Crippen LogP contribution >= 0.6 is 23.2 Å². The zero-order valence-electron chi connectivity index (χ0n) is 8.49. The molecule has 1 amide bonds. The van der Waals surface area contributed by atoms with Crippen LogP contribution in [0.2, 0.25) is 10.2 Å². The largest absolute Gasteiger partial charge is 0.310 e. The number of hydrogen-bond acceptors (Lipinski definition) is 2. The second-order valence-electron chi connectivity index (χ2n) is 3.67. The lowest BCUT2D eigenvalue weighted by Gasteiger charge is -2.16. The summed E-state index contributed by atoms with van der Waals surface area (Å²) in [5.74, 6) is 0.257. The molecule has 0 bridgehead atoms. The summed E-state index contributed by atoms with van der Waals surface area (Å²) in [6.07, 6.45) is 3.84. The molecule has 0 aliphatic carbocycles. The average molecular weight is 257 g/mol. The van der Waals surface area contributed by atoms with Gasteiger partial charge in [0, 0.05) is 18.9 Å². The van der Waals surface area contributed by atoms with Crippen molar-refractivity contribution in [1.29, 1.82) is 0 Å². The first-order chi connectivity index (χ1) is 7.61. The van der Waals surface area contributed by atoms with Crippen LogP contribution in [0.15, 0.2) is 24.9 Å². The number of rotatable bonds is 2. The van der Waals surface area contributed by atoms with Gasteiger partial charge in [-0.05, 0) is 6.07 Å². The Morgan fingerprint density at radius 3 is 2.88 bits per heavy atom. The minimum Gasteiger partial charge on any atom is -0.310 e. The highest BCUT2D eigenvalue weighted by Gasteiger charge is 2.29. The van der Waals surface area contributed by atoms with Crippen LogP contribution in [0.4, 0.5) is 5.69 Å². The fourth-order valence-corrected chi connectivity index (χ4v) is 1.97. The number of nitrogens with zero attached hydrogens (tertiary/aromatic N) is 2. The summed E-state index contributed by atoms with van der Waals surface area (Å²) in [6.45, 7) is 4.32. The van der Waals surface area contributed by atoms with E-state index in [1.165, 1.54) is 0 Å². The molecule has 1 fully saturated rings. The van der Waals surface area contributed by atoms with Crippen LogP contribution in [0.25, 0.3) is 0 Å². The van der Waals surface area contributed by atoms with Crippen LogP contribution in [-0.4, -0.2) is 17.4 Å². The third-order valence-corrected chi connectivity index (χ3v) is 3.27. The van der Waals surface area contributed by atoms with E-state index in [0.717, 1.165) is 0 Å². The smallest absolute Gasteiger partial charge is 0.227 e. The summed E-state index contributed by atoms with van der Waals surface area (Å²) in [7, 11) is 0. The molecule has 16 heavy (non-hydrogen) atoms. The Bertz CT molecular complexity index is 448. The Morgan fingerprint density at radius 1 is 1.56 bits per heavy atom. The molecule has 3 nitrogen and oxygen atoms in total. The Balaban J connectivity index is 2.27. The zero-order valence-corrected chi connectivity index (χ0v) is 10.0. The molecule has 0 saturated carbocycles. The highest BCUT2D eigenvalue weighted by atomic mass is 35.5. The van der Waals surface area contributed by atoms with Crippen LogP contribution in [0, 0.1) is 5.92 Å². The van der Waals surface area contributed by atoms with Crippen molar-refractivity contribution >= 4 is 34.8 Å². The minimum atomic E-state index is 0.0603. The first-order valence-electron chi connectivity index (χ1n) is 4.85. The highest BCUT2D eigenvalue weighted by Crippen LogP contribution is 2.29. The lowest BCUT2D eigenvalue weighted by Crippen LogP contribution is -2.24. The molecule has 0 aromatic carbocycles. The molecule has 1 saturated heterocycles. The summed E-state index contributed by atoms with van der Waals surface area (Å²) in [6, 6.07) is 1.65. The van der Waals surface area contributed by atoms with Crippen molar-refractivity contribution < 1.29 is 4.79 Å². The average Bonchev–Trinajstić information content (AvgIpc) is 2.64. The summed E-state index contributed by atoms with van der Waals surface area (Å²) in [4.78, 5) is 17.3. The molecule has 0 spiro atoms. The predicted octanol–water partition coefficient (Wildman–Crippen LogP) is 2.93. The van der Waals surface area contributed by atoms with Gasteiger partial charge in [-0.1, -0.05) is 29.3 Å². The number of amides is 1. The molecule has 1 aliphatic rings. The SMILES string of the molecule is C=CC1CC(=O)N(c2cnc(Cl)c(Cl)c2)C1. The van der Waals surface area contributed by atoms with E-state index >= 15 is 0 Å². The Hall–Kier alpha value is -1.06. The Labute approximate surface area is 104 Å². The van der Waals surface area contributed by atoms with E-state index in [2.05, 4.69) is 11.6 Å². The third kappa shape index (κ3) is 2.06. The number of carbonyl (C=O) groups is 1. The fraction of sp³-hybridized carbons (Fsp3) is 0.273. The molecule has 2 heterocycles. The molecule has 1 aliphatic heterocycles. The van der Waals surface area contributed by atoms with Crippen LogP contribution in [0.5, 0.6) is 0 Å². The van der Waals surface area contributed by atoms with E-state index < -0.39 is 0 Å². The second kappa shape index (κ2) is 4.44. The summed E-state index contributed by atoms with van der Waals surface area (Å²) in [5, 5.41) is 0.603. The van der Waals surface area contributed by atoms with Gasteiger partial charge in [0.25, 0.3) is 0 Å². The zero-order chi connectivity index (χ0) is 11.7. The molecule has 1 unspecified atom stereocenters. The van der Waals surface area contributed by atoms with E-state index in [-0.39, 0.29) is 17.0 Å². The van der Waals surface area contributed by atoms with E-state index in [9.17, 15) is 4.79 Å². The molecule has 84 valence electrons. The second-order valence-corrected chi connectivity index (χ2v) is 4.44. The van der Waals surface area contributed by atoms with Gasteiger partial charge >= 0.3 is 0 Å². The van der Waals surface area contributed by atoms with Crippen LogP contribution in [0.1, 0.15) is 6.42 Å². The molecule has 2 rings (SSSR count). The van der Waals surface area contributed by atoms with Gasteiger partial charge in [0.2, 0.25) is 5.91 Å². The third-order valence-electron chi connectivity index (χ3n) is 2.58. The van der Waals surface area contributed by atoms with E-state index in [4.69, 9.17) is 23.2 Å². The predicted molar refractivity (Wildman–Crippen MR) is 64.9 cm³/mol. The van der Waals surface area contributed by atoms with E-state index in [1.54, 1.807) is 23.2 Å². The van der Waals surface area contributed by atoms with Gasteiger partial charge in [-0.15, -0.1) is 6.58 Å². The van der Waals surface area contributed by atoms with Gasteiger partial charge in [-0.25, -0.2) is 4.98 Å². The number of pyridine rings is 1. The fourth-order valence-electron chi connectivity index (χ4n) is 1.70. The van der Waals surface area contributed by atoms with Crippen molar-refractivity contribution in [3.63, 3.8) is 0 Å². The van der Waals surface area contributed by atoms with Crippen molar-refractivity contribution in [3.8, 4) is 0 Å². The summed E-state index contributed by atoms with van der Waals surface area (Å²) in [5.41, 5.74) is 0.684. The highest BCUT2D eigenvalue weighted by molar-refractivity contribution is 6.41. The Kier molecular flexibility index (Phi) is 3.17. The van der Waals surface area contributed by atoms with Crippen molar-refractivity contribution in [1.82, 2.24) is 4.98 Å². The first kappa shape index (κ1) is 11.4. The van der Waals surface area contributed by atoms with Crippen molar-refractivity contribution in [2.45, 2.75) is 6.42 Å². The lowest BCUT2D eigenvalue weighted by molar-refractivity contribution is -0.117. The van der Waals surface area contributed by atoms with Crippen LogP contribution in [-0.2, 0) is 4.79 Å². The van der Waals surface area contributed by atoms with Crippen molar-refractivity contribution in [2.75, 3.05) is 11.4 Å².